The van der Waals surface area contributed by atoms with Crippen LogP contribution in [0.15, 0.2) is 11.4 Å². The van der Waals surface area contributed by atoms with Gasteiger partial charge >= 0.3 is 0 Å². The van der Waals surface area contributed by atoms with Crippen molar-refractivity contribution in [3.63, 3.8) is 0 Å². The molecule has 0 spiro atoms. The van der Waals surface area contributed by atoms with Crippen LogP contribution in [-0.2, 0) is 0 Å². The molecule has 1 N–H and O–H groups in total. The molecule has 1 aliphatic rings. The zero-order valence-corrected chi connectivity index (χ0v) is 14.1. The van der Waals surface area contributed by atoms with E-state index >= 15 is 0 Å². The molecule has 0 radical (unpaired) electrons. The van der Waals surface area contributed by atoms with Gasteiger partial charge in [0.05, 0.1) is 0 Å². The zero-order chi connectivity index (χ0) is 14.9. The highest BCUT2D eigenvalue weighted by atomic mass is 32.1. The molecule has 0 amide bonds. The Morgan fingerprint density at radius 3 is 2.67 bits per heavy atom. The molecule has 0 atom stereocenters. The standard InChI is InChI=1S/C18H29NOS/c1-2-3-4-5-6-7-8-17(20)16-13-18(21-14-16)15-9-11-19-12-10-15/h13-15,19H,2-12H2,1H3. The summed E-state index contributed by atoms with van der Waals surface area (Å²) in [5, 5.41) is 5.48. The molecule has 2 heterocycles. The maximum atomic E-state index is 12.2. The van der Waals surface area contributed by atoms with E-state index in [4.69, 9.17) is 0 Å². The first-order valence-electron chi connectivity index (χ1n) is 8.63. The monoisotopic (exact) mass is 307 g/mol. The Balaban J connectivity index is 1.71. The summed E-state index contributed by atoms with van der Waals surface area (Å²) in [5.74, 6) is 1.02. The summed E-state index contributed by atoms with van der Waals surface area (Å²) in [6.07, 6.45) is 10.6. The molecule has 2 nitrogen and oxygen atoms in total. The SMILES string of the molecule is CCCCCCCCC(=O)c1csc(C2CCNCC2)c1. The minimum atomic E-state index is 0.349. The molecule has 0 unspecified atom stereocenters. The molecule has 1 saturated heterocycles. The van der Waals surface area contributed by atoms with Crippen LogP contribution in [0.4, 0.5) is 0 Å². The summed E-state index contributed by atoms with van der Waals surface area (Å²) in [6, 6.07) is 2.17. The fourth-order valence-electron chi connectivity index (χ4n) is 3.03. The molecule has 3 heteroatoms. The lowest BCUT2D eigenvalue weighted by Gasteiger charge is -2.21. The van der Waals surface area contributed by atoms with Crippen LogP contribution in [0.3, 0.4) is 0 Å². The molecular weight excluding hydrogens is 278 g/mol. The molecule has 21 heavy (non-hydrogen) atoms. The van der Waals surface area contributed by atoms with Crippen LogP contribution in [0.25, 0.3) is 0 Å². The fourth-order valence-corrected chi connectivity index (χ4v) is 4.12. The molecular formula is C18H29NOS. The van der Waals surface area contributed by atoms with Crippen molar-refractivity contribution in [2.24, 2.45) is 0 Å². The number of nitrogens with one attached hydrogen (secondary N) is 1. The maximum absolute atomic E-state index is 12.2. The second-order valence-electron chi connectivity index (χ2n) is 6.20. The topological polar surface area (TPSA) is 29.1 Å². The fraction of sp³-hybridized carbons (Fsp3) is 0.722. The van der Waals surface area contributed by atoms with Crippen LogP contribution in [0.2, 0.25) is 0 Å². The molecule has 2 rings (SSSR count). The van der Waals surface area contributed by atoms with Gasteiger partial charge in [-0.3, -0.25) is 4.79 Å². The van der Waals surface area contributed by atoms with Gasteiger partial charge in [-0.15, -0.1) is 11.3 Å². The predicted molar refractivity (Wildman–Crippen MR) is 91.5 cm³/mol. The van der Waals surface area contributed by atoms with Crippen molar-refractivity contribution in [1.82, 2.24) is 5.32 Å². The summed E-state index contributed by atoms with van der Waals surface area (Å²) < 4.78 is 0. The third kappa shape index (κ3) is 5.55. The first-order valence-corrected chi connectivity index (χ1v) is 9.51. The van der Waals surface area contributed by atoms with Crippen LogP contribution >= 0.6 is 11.3 Å². The highest BCUT2D eigenvalue weighted by Gasteiger charge is 2.18. The Kier molecular flexibility index (Phi) is 7.45. The van der Waals surface area contributed by atoms with Crippen LogP contribution in [-0.4, -0.2) is 18.9 Å². The Morgan fingerprint density at radius 2 is 1.90 bits per heavy atom. The highest BCUT2D eigenvalue weighted by molar-refractivity contribution is 7.10. The summed E-state index contributed by atoms with van der Waals surface area (Å²) in [7, 11) is 0. The number of Topliss-reactive ketones (excluding diaryl/α,β-unsaturated/α-hetero) is 1. The first kappa shape index (κ1) is 16.7. The Bertz CT molecular complexity index is 421. The minimum Gasteiger partial charge on any atom is -0.317 e. The number of ketones is 1. The van der Waals surface area contributed by atoms with Crippen LogP contribution < -0.4 is 5.32 Å². The van der Waals surface area contributed by atoms with Gasteiger partial charge in [-0.25, -0.2) is 0 Å². The van der Waals surface area contributed by atoms with Gasteiger partial charge in [-0.05, 0) is 44.3 Å². The van der Waals surface area contributed by atoms with Crippen molar-refractivity contribution in [1.29, 1.82) is 0 Å². The summed E-state index contributed by atoms with van der Waals surface area (Å²) >= 11 is 1.79. The second-order valence-corrected chi connectivity index (χ2v) is 7.15. The summed E-state index contributed by atoms with van der Waals surface area (Å²) in [6.45, 7) is 4.47. The molecule has 1 aromatic heterocycles. The molecule has 1 aliphatic heterocycles. The van der Waals surface area contributed by atoms with Crippen molar-refractivity contribution in [2.45, 2.75) is 70.6 Å². The number of rotatable bonds is 9. The minimum absolute atomic E-state index is 0.349. The molecule has 0 saturated carbocycles. The zero-order valence-electron chi connectivity index (χ0n) is 13.3. The molecule has 1 fully saturated rings. The number of carbonyl (C=O) groups excluding carboxylic acids is 1. The van der Waals surface area contributed by atoms with Gasteiger partial charge in [0.15, 0.2) is 5.78 Å². The van der Waals surface area contributed by atoms with E-state index in [1.165, 1.54) is 49.8 Å². The van der Waals surface area contributed by atoms with Gasteiger partial charge in [0.1, 0.15) is 0 Å². The van der Waals surface area contributed by atoms with E-state index in [-0.39, 0.29) is 0 Å². The molecule has 0 aliphatic carbocycles. The second kappa shape index (κ2) is 9.37. The molecule has 118 valence electrons. The van der Waals surface area contributed by atoms with Crippen LogP contribution in [0.5, 0.6) is 0 Å². The van der Waals surface area contributed by atoms with E-state index in [1.807, 2.05) is 0 Å². The van der Waals surface area contributed by atoms with Crippen molar-refractivity contribution in [2.75, 3.05) is 13.1 Å². The van der Waals surface area contributed by atoms with Crippen LogP contribution in [0.1, 0.15) is 85.9 Å². The first-order chi connectivity index (χ1) is 10.3. The molecule has 0 aromatic carbocycles. The van der Waals surface area contributed by atoms with Gasteiger partial charge < -0.3 is 5.32 Å². The molecule has 1 aromatic rings. The van der Waals surface area contributed by atoms with Gasteiger partial charge in [0, 0.05) is 22.2 Å². The van der Waals surface area contributed by atoms with Gasteiger partial charge in [0.2, 0.25) is 0 Å². The smallest absolute Gasteiger partial charge is 0.163 e. The highest BCUT2D eigenvalue weighted by Crippen LogP contribution is 2.31. The van der Waals surface area contributed by atoms with Gasteiger partial charge in [-0.2, -0.15) is 0 Å². The Hall–Kier alpha value is -0.670. The van der Waals surface area contributed by atoms with Crippen molar-refractivity contribution in [3.8, 4) is 0 Å². The number of unbranched alkanes of at least 4 members (excludes halogenated alkanes) is 5. The van der Waals surface area contributed by atoms with Crippen molar-refractivity contribution >= 4 is 17.1 Å². The third-order valence-electron chi connectivity index (χ3n) is 4.44. The lowest BCUT2D eigenvalue weighted by atomic mass is 9.95. The molecule has 0 bridgehead atoms. The lowest BCUT2D eigenvalue weighted by molar-refractivity contribution is 0.0979. The van der Waals surface area contributed by atoms with Gasteiger partial charge in [-0.1, -0.05) is 39.0 Å². The third-order valence-corrected chi connectivity index (χ3v) is 5.54. The average molecular weight is 308 g/mol. The maximum Gasteiger partial charge on any atom is 0.163 e. The Morgan fingerprint density at radius 1 is 1.19 bits per heavy atom. The van der Waals surface area contributed by atoms with Crippen LogP contribution in [0, 0.1) is 0 Å². The normalized spacial score (nSPS) is 16.2. The Labute approximate surface area is 133 Å². The van der Waals surface area contributed by atoms with E-state index in [0.717, 1.165) is 31.5 Å². The largest absolute Gasteiger partial charge is 0.317 e. The van der Waals surface area contributed by atoms with Crippen molar-refractivity contribution < 1.29 is 4.79 Å². The van der Waals surface area contributed by atoms with E-state index < -0.39 is 0 Å². The number of thiophene rings is 1. The summed E-state index contributed by atoms with van der Waals surface area (Å²) in [5.41, 5.74) is 0.960. The number of hydrogen-bond donors (Lipinski definition) is 1. The number of carbonyl (C=O) groups is 1. The number of hydrogen-bond acceptors (Lipinski definition) is 3. The van der Waals surface area contributed by atoms with Gasteiger partial charge in [0.25, 0.3) is 0 Å². The van der Waals surface area contributed by atoms with E-state index in [1.54, 1.807) is 11.3 Å². The predicted octanol–water partition coefficient (Wildman–Crippen LogP) is 5.15. The number of piperidine rings is 1. The quantitative estimate of drug-likeness (QED) is 0.505. The van der Waals surface area contributed by atoms with E-state index in [0.29, 0.717) is 11.7 Å². The van der Waals surface area contributed by atoms with E-state index in [2.05, 4.69) is 23.7 Å². The average Bonchev–Trinajstić information content (AvgIpc) is 3.01. The lowest BCUT2D eigenvalue weighted by Crippen LogP contribution is -2.26. The van der Waals surface area contributed by atoms with E-state index in [9.17, 15) is 4.79 Å². The van der Waals surface area contributed by atoms with Crippen molar-refractivity contribution in [3.05, 3.63) is 21.9 Å². The summed E-state index contributed by atoms with van der Waals surface area (Å²) in [4.78, 5) is 13.6.